The van der Waals surface area contributed by atoms with Crippen molar-refractivity contribution >= 4 is 50.5 Å². The molecule has 0 saturated carbocycles. The van der Waals surface area contributed by atoms with Crippen LogP contribution in [0.2, 0.25) is 0 Å². The zero-order valence-corrected chi connectivity index (χ0v) is 13.1. The third kappa shape index (κ3) is 2.09. The van der Waals surface area contributed by atoms with E-state index in [1.54, 1.807) is 16.2 Å². The van der Waals surface area contributed by atoms with Gasteiger partial charge in [-0.05, 0) is 37.3 Å². The molecule has 1 saturated heterocycles. The predicted octanol–water partition coefficient (Wildman–Crippen LogP) is 3.03. The standard InChI is InChI=1S/C14H15N3OS2/c1-7(2)12-16-10-5-4-9(6-11(10)20-12)17-13(18)8(3)15-14(17)19/h4-8H,1-3H3,(H,15,19). The van der Waals surface area contributed by atoms with E-state index in [2.05, 4.69) is 24.1 Å². The minimum absolute atomic E-state index is 0.0112. The number of fused-ring (bicyclic) bond motifs is 1. The highest BCUT2D eigenvalue weighted by Crippen LogP contribution is 2.31. The van der Waals surface area contributed by atoms with Crippen LogP contribution >= 0.6 is 23.6 Å². The van der Waals surface area contributed by atoms with Crippen molar-refractivity contribution < 1.29 is 4.79 Å². The average molecular weight is 305 g/mol. The molecule has 1 amide bonds. The third-order valence-electron chi connectivity index (χ3n) is 3.27. The van der Waals surface area contributed by atoms with Gasteiger partial charge in [0.1, 0.15) is 6.04 Å². The van der Waals surface area contributed by atoms with Crippen LogP contribution < -0.4 is 10.2 Å². The van der Waals surface area contributed by atoms with Crippen LogP contribution in [0.3, 0.4) is 0 Å². The van der Waals surface area contributed by atoms with Gasteiger partial charge in [0.25, 0.3) is 5.91 Å². The molecule has 104 valence electrons. The summed E-state index contributed by atoms with van der Waals surface area (Å²) in [6.07, 6.45) is 0. The van der Waals surface area contributed by atoms with Crippen molar-refractivity contribution in [3.63, 3.8) is 0 Å². The lowest BCUT2D eigenvalue weighted by Gasteiger charge is -2.14. The van der Waals surface area contributed by atoms with Crippen molar-refractivity contribution in [1.29, 1.82) is 0 Å². The minimum Gasteiger partial charge on any atom is -0.350 e. The number of hydrogen-bond donors (Lipinski definition) is 1. The number of hydrogen-bond acceptors (Lipinski definition) is 4. The molecule has 0 bridgehead atoms. The first-order valence-corrected chi connectivity index (χ1v) is 7.75. The summed E-state index contributed by atoms with van der Waals surface area (Å²) in [5.74, 6) is 0.398. The Balaban J connectivity index is 2.05. The van der Waals surface area contributed by atoms with Crippen LogP contribution in [0.5, 0.6) is 0 Å². The Morgan fingerprint density at radius 3 is 2.80 bits per heavy atom. The summed E-state index contributed by atoms with van der Waals surface area (Å²) in [6.45, 7) is 6.07. The third-order valence-corrected chi connectivity index (χ3v) is 4.89. The largest absolute Gasteiger partial charge is 0.350 e. The number of aromatic nitrogens is 1. The molecule has 0 aliphatic carbocycles. The van der Waals surface area contributed by atoms with E-state index in [1.165, 1.54) is 0 Å². The first-order chi connectivity index (χ1) is 9.47. The second kappa shape index (κ2) is 4.79. The first kappa shape index (κ1) is 13.5. The number of carbonyl (C=O) groups is 1. The van der Waals surface area contributed by atoms with Crippen LogP contribution in [0, 0.1) is 0 Å². The van der Waals surface area contributed by atoms with Crippen LogP contribution in [-0.2, 0) is 4.79 Å². The summed E-state index contributed by atoms with van der Waals surface area (Å²) in [5, 5.41) is 4.56. The molecule has 1 atom stereocenters. The maximum absolute atomic E-state index is 12.1. The van der Waals surface area contributed by atoms with Crippen molar-refractivity contribution in [3.8, 4) is 0 Å². The SMILES string of the molecule is CC1NC(=S)N(c2ccc3nc(C(C)C)sc3c2)C1=O. The zero-order valence-electron chi connectivity index (χ0n) is 11.5. The molecule has 1 aromatic carbocycles. The Morgan fingerprint density at radius 2 is 2.20 bits per heavy atom. The molecule has 1 aromatic heterocycles. The van der Waals surface area contributed by atoms with Crippen LogP contribution in [0.1, 0.15) is 31.7 Å². The Morgan fingerprint density at radius 1 is 1.45 bits per heavy atom. The molecule has 6 heteroatoms. The summed E-state index contributed by atoms with van der Waals surface area (Å²) in [4.78, 5) is 18.3. The lowest BCUT2D eigenvalue weighted by Crippen LogP contribution is -2.30. The normalized spacial score (nSPS) is 19.2. The molecule has 1 fully saturated rings. The second-order valence-electron chi connectivity index (χ2n) is 5.20. The van der Waals surface area contributed by atoms with Gasteiger partial charge in [-0.1, -0.05) is 13.8 Å². The molecular formula is C14H15N3OS2. The Hall–Kier alpha value is -1.53. The molecule has 1 aliphatic heterocycles. The van der Waals surface area contributed by atoms with Crippen LogP contribution in [0.4, 0.5) is 5.69 Å². The van der Waals surface area contributed by atoms with Gasteiger partial charge in [-0.25, -0.2) is 4.98 Å². The lowest BCUT2D eigenvalue weighted by molar-refractivity contribution is -0.117. The van der Waals surface area contributed by atoms with Crippen LogP contribution in [-0.4, -0.2) is 22.0 Å². The van der Waals surface area contributed by atoms with Crippen molar-refractivity contribution in [3.05, 3.63) is 23.2 Å². The van der Waals surface area contributed by atoms with E-state index in [-0.39, 0.29) is 11.9 Å². The summed E-state index contributed by atoms with van der Waals surface area (Å²) >= 11 is 6.90. The Kier molecular flexibility index (Phi) is 3.22. The molecule has 0 spiro atoms. The van der Waals surface area contributed by atoms with Gasteiger partial charge in [-0.15, -0.1) is 11.3 Å². The van der Waals surface area contributed by atoms with Gasteiger partial charge in [0, 0.05) is 5.92 Å². The second-order valence-corrected chi connectivity index (χ2v) is 6.65. The van der Waals surface area contributed by atoms with E-state index in [0.717, 1.165) is 20.9 Å². The summed E-state index contributed by atoms with van der Waals surface area (Å²) in [5.41, 5.74) is 1.78. The van der Waals surface area contributed by atoms with Gasteiger partial charge >= 0.3 is 0 Å². The van der Waals surface area contributed by atoms with Gasteiger partial charge < -0.3 is 5.32 Å². The lowest BCUT2D eigenvalue weighted by atomic mass is 10.2. The summed E-state index contributed by atoms with van der Waals surface area (Å²) < 4.78 is 1.08. The van der Waals surface area contributed by atoms with Crippen molar-refractivity contribution in [2.45, 2.75) is 32.7 Å². The van der Waals surface area contributed by atoms with Crippen molar-refractivity contribution in [1.82, 2.24) is 10.3 Å². The summed E-state index contributed by atoms with van der Waals surface area (Å²) in [7, 11) is 0. The quantitative estimate of drug-likeness (QED) is 0.866. The fraction of sp³-hybridized carbons (Fsp3) is 0.357. The topological polar surface area (TPSA) is 45.2 Å². The molecule has 3 rings (SSSR count). The molecule has 1 aliphatic rings. The Labute approximate surface area is 126 Å². The van der Waals surface area contributed by atoms with Crippen LogP contribution in [0.15, 0.2) is 18.2 Å². The molecule has 1 unspecified atom stereocenters. The van der Waals surface area contributed by atoms with E-state index in [1.807, 2.05) is 25.1 Å². The van der Waals surface area contributed by atoms with Crippen molar-refractivity contribution in [2.75, 3.05) is 4.90 Å². The number of amides is 1. The number of nitrogens with one attached hydrogen (secondary N) is 1. The van der Waals surface area contributed by atoms with E-state index in [0.29, 0.717) is 11.0 Å². The molecular weight excluding hydrogens is 290 g/mol. The number of thiazole rings is 1. The highest BCUT2D eigenvalue weighted by molar-refractivity contribution is 7.80. The van der Waals surface area contributed by atoms with E-state index in [9.17, 15) is 4.79 Å². The number of carbonyl (C=O) groups excluding carboxylic acids is 1. The highest BCUT2D eigenvalue weighted by atomic mass is 32.1. The van der Waals surface area contributed by atoms with E-state index in [4.69, 9.17) is 12.2 Å². The van der Waals surface area contributed by atoms with Crippen molar-refractivity contribution in [2.24, 2.45) is 0 Å². The minimum atomic E-state index is -0.258. The fourth-order valence-corrected chi connectivity index (χ4v) is 3.54. The molecule has 1 N–H and O–H groups in total. The molecule has 0 radical (unpaired) electrons. The first-order valence-electron chi connectivity index (χ1n) is 6.52. The molecule has 2 aromatic rings. The van der Waals surface area contributed by atoms with Gasteiger partial charge in [-0.3, -0.25) is 9.69 Å². The fourth-order valence-electron chi connectivity index (χ4n) is 2.17. The van der Waals surface area contributed by atoms with Gasteiger partial charge in [0.05, 0.1) is 20.9 Å². The van der Waals surface area contributed by atoms with Crippen LogP contribution in [0.25, 0.3) is 10.2 Å². The number of rotatable bonds is 2. The van der Waals surface area contributed by atoms with E-state index >= 15 is 0 Å². The van der Waals surface area contributed by atoms with Gasteiger partial charge in [0.15, 0.2) is 5.11 Å². The zero-order chi connectivity index (χ0) is 14.4. The van der Waals surface area contributed by atoms with Gasteiger partial charge in [0.2, 0.25) is 0 Å². The number of nitrogens with zero attached hydrogens (tertiary/aromatic N) is 2. The molecule has 2 heterocycles. The predicted molar refractivity (Wildman–Crippen MR) is 86.4 cm³/mol. The smallest absolute Gasteiger partial charge is 0.255 e. The molecule has 4 nitrogen and oxygen atoms in total. The highest BCUT2D eigenvalue weighted by Gasteiger charge is 2.33. The Bertz CT molecular complexity index is 708. The molecule has 20 heavy (non-hydrogen) atoms. The number of anilines is 1. The van der Waals surface area contributed by atoms with E-state index < -0.39 is 0 Å². The number of benzene rings is 1. The van der Waals surface area contributed by atoms with Gasteiger partial charge in [-0.2, -0.15) is 0 Å². The average Bonchev–Trinajstić information content (AvgIpc) is 2.91. The maximum Gasteiger partial charge on any atom is 0.255 e. The summed E-state index contributed by atoms with van der Waals surface area (Å²) in [6, 6.07) is 5.58. The number of thiocarbonyl (C=S) groups is 1. The monoisotopic (exact) mass is 305 g/mol. The maximum atomic E-state index is 12.1.